The third-order valence-corrected chi connectivity index (χ3v) is 5.24. The van der Waals surface area contributed by atoms with Crippen LogP contribution in [0.3, 0.4) is 0 Å². The molecule has 0 aliphatic carbocycles. The SMILES string of the molecule is CCN1C(=O)/C(=C/c2ccc(OC)cc2OC)SC1=Nc1cccc(C(=O)[O-])c1. The van der Waals surface area contributed by atoms with Crippen molar-refractivity contribution in [2.45, 2.75) is 6.92 Å². The van der Waals surface area contributed by atoms with Crippen molar-refractivity contribution in [1.82, 2.24) is 4.90 Å². The van der Waals surface area contributed by atoms with Crippen molar-refractivity contribution >= 4 is 40.6 Å². The monoisotopic (exact) mass is 411 g/mol. The molecule has 0 bridgehead atoms. The summed E-state index contributed by atoms with van der Waals surface area (Å²) in [5, 5.41) is 11.5. The topological polar surface area (TPSA) is 91.3 Å². The molecule has 1 fully saturated rings. The zero-order chi connectivity index (χ0) is 21.0. The second-order valence-electron chi connectivity index (χ2n) is 6.00. The number of hydrogen-bond acceptors (Lipinski definition) is 7. The first-order chi connectivity index (χ1) is 14.0. The molecule has 2 aromatic carbocycles. The normalized spacial score (nSPS) is 16.5. The first-order valence-electron chi connectivity index (χ1n) is 8.80. The molecule has 0 aromatic heterocycles. The van der Waals surface area contributed by atoms with E-state index >= 15 is 0 Å². The minimum absolute atomic E-state index is 0.0305. The van der Waals surface area contributed by atoms with E-state index in [2.05, 4.69) is 4.99 Å². The van der Waals surface area contributed by atoms with Crippen LogP contribution in [0, 0.1) is 0 Å². The average molecular weight is 411 g/mol. The molecular formula is C21H19N2O5S-. The Hall–Kier alpha value is -3.26. The summed E-state index contributed by atoms with van der Waals surface area (Å²) in [6.07, 6.45) is 1.74. The molecule has 29 heavy (non-hydrogen) atoms. The van der Waals surface area contributed by atoms with Crippen molar-refractivity contribution in [3.05, 3.63) is 58.5 Å². The van der Waals surface area contributed by atoms with Gasteiger partial charge in [0.05, 0.1) is 30.8 Å². The third-order valence-electron chi connectivity index (χ3n) is 4.24. The van der Waals surface area contributed by atoms with Gasteiger partial charge in [-0.25, -0.2) is 4.99 Å². The molecule has 0 unspecified atom stereocenters. The molecule has 1 aliphatic heterocycles. The lowest BCUT2D eigenvalue weighted by atomic mass is 10.1. The molecule has 150 valence electrons. The molecule has 0 atom stereocenters. The molecule has 8 heteroatoms. The number of methoxy groups -OCH3 is 2. The van der Waals surface area contributed by atoms with Gasteiger partial charge in [-0.15, -0.1) is 0 Å². The second kappa shape index (κ2) is 8.83. The lowest BCUT2D eigenvalue weighted by molar-refractivity contribution is -0.255. The van der Waals surface area contributed by atoms with E-state index in [1.54, 1.807) is 44.6 Å². The number of ether oxygens (including phenoxy) is 2. The summed E-state index contributed by atoms with van der Waals surface area (Å²) in [6.45, 7) is 2.28. The molecule has 1 saturated heterocycles. The van der Waals surface area contributed by atoms with Gasteiger partial charge in [-0.05, 0) is 54.6 Å². The number of carbonyl (C=O) groups excluding carboxylic acids is 2. The average Bonchev–Trinajstić information content (AvgIpc) is 3.02. The van der Waals surface area contributed by atoms with E-state index in [-0.39, 0.29) is 11.5 Å². The van der Waals surface area contributed by atoms with Gasteiger partial charge in [0.25, 0.3) is 5.91 Å². The summed E-state index contributed by atoms with van der Waals surface area (Å²) in [5.74, 6) is -0.216. The minimum atomic E-state index is -1.28. The summed E-state index contributed by atoms with van der Waals surface area (Å²) in [6, 6.07) is 11.5. The lowest BCUT2D eigenvalue weighted by Crippen LogP contribution is -2.28. The molecule has 3 rings (SSSR count). The van der Waals surface area contributed by atoms with Gasteiger partial charge in [-0.1, -0.05) is 12.1 Å². The third kappa shape index (κ3) is 4.43. The maximum absolute atomic E-state index is 12.8. The first kappa shape index (κ1) is 20.5. The van der Waals surface area contributed by atoms with Crippen LogP contribution in [0.2, 0.25) is 0 Å². The Morgan fingerprint density at radius 1 is 1.21 bits per heavy atom. The Bertz CT molecular complexity index is 1020. The van der Waals surface area contributed by atoms with Crippen LogP contribution in [0.5, 0.6) is 11.5 Å². The van der Waals surface area contributed by atoms with Gasteiger partial charge >= 0.3 is 0 Å². The summed E-state index contributed by atoms with van der Waals surface area (Å²) < 4.78 is 10.6. The maximum atomic E-state index is 12.8. The number of aliphatic imine (C=N–C) groups is 1. The Labute approximate surface area is 172 Å². The van der Waals surface area contributed by atoms with Gasteiger partial charge in [-0.2, -0.15) is 0 Å². The van der Waals surface area contributed by atoms with Crippen molar-refractivity contribution in [1.29, 1.82) is 0 Å². The smallest absolute Gasteiger partial charge is 0.266 e. The van der Waals surface area contributed by atoms with Gasteiger partial charge < -0.3 is 19.4 Å². The molecule has 0 saturated carbocycles. The second-order valence-corrected chi connectivity index (χ2v) is 7.01. The zero-order valence-electron chi connectivity index (χ0n) is 16.2. The Balaban J connectivity index is 1.96. The van der Waals surface area contributed by atoms with Crippen LogP contribution >= 0.6 is 11.8 Å². The first-order valence-corrected chi connectivity index (χ1v) is 9.62. The number of carboxylic acids is 1. The largest absolute Gasteiger partial charge is 0.545 e. The Morgan fingerprint density at radius 2 is 2.00 bits per heavy atom. The van der Waals surface area contributed by atoms with Gasteiger partial charge in [0.15, 0.2) is 5.17 Å². The Morgan fingerprint density at radius 3 is 2.66 bits per heavy atom. The lowest BCUT2D eigenvalue weighted by Gasteiger charge is -2.12. The minimum Gasteiger partial charge on any atom is -0.545 e. The van der Waals surface area contributed by atoms with Gasteiger partial charge in [0.1, 0.15) is 11.5 Å². The molecule has 7 nitrogen and oxygen atoms in total. The highest BCUT2D eigenvalue weighted by molar-refractivity contribution is 8.18. The number of thioether (sulfide) groups is 1. The maximum Gasteiger partial charge on any atom is 0.266 e. The van der Waals surface area contributed by atoms with E-state index in [1.807, 2.05) is 13.0 Å². The van der Waals surface area contributed by atoms with Crippen LogP contribution in [0.15, 0.2) is 52.4 Å². The number of nitrogens with zero attached hydrogens (tertiary/aromatic N) is 2. The quantitative estimate of drug-likeness (QED) is 0.679. The van der Waals surface area contributed by atoms with E-state index in [0.717, 1.165) is 5.56 Å². The standard InChI is InChI=1S/C21H20N2O5S/c1-4-23-19(24)18(11-13-8-9-16(27-2)12-17(13)28-3)29-21(23)22-15-7-5-6-14(10-15)20(25)26/h5-12H,4H2,1-3H3,(H,25,26)/p-1/b18-11-,22-21?. The molecule has 1 amide bonds. The number of carboxylic acid groups (broad SMARTS) is 1. The summed E-state index contributed by atoms with van der Waals surface area (Å²) >= 11 is 1.22. The number of benzene rings is 2. The number of amides is 1. The van der Waals surface area contributed by atoms with Gasteiger partial charge in [0.2, 0.25) is 0 Å². The highest BCUT2D eigenvalue weighted by atomic mass is 32.2. The molecule has 0 N–H and O–H groups in total. The van der Waals surface area contributed by atoms with Gasteiger partial charge in [-0.3, -0.25) is 9.69 Å². The summed E-state index contributed by atoms with van der Waals surface area (Å²) in [7, 11) is 3.12. The van der Waals surface area contributed by atoms with E-state index in [9.17, 15) is 14.7 Å². The van der Waals surface area contributed by atoms with Crippen molar-refractivity contribution < 1.29 is 24.2 Å². The predicted molar refractivity (Wildman–Crippen MR) is 110 cm³/mol. The molecular weight excluding hydrogens is 392 g/mol. The highest BCUT2D eigenvalue weighted by Gasteiger charge is 2.32. The van der Waals surface area contributed by atoms with Gasteiger partial charge in [0, 0.05) is 18.2 Å². The van der Waals surface area contributed by atoms with Crippen LogP contribution in [0.4, 0.5) is 5.69 Å². The number of hydrogen-bond donors (Lipinski definition) is 0. The van der Waals surface area contributed by atoms with Crippen LogP contribution in [-0.2, 0) is 4.79 Å². The van der Waals surface area contributed by atoms with Crippen LogP contribution in [-0.4, -0.2) is 42.7 Å². The number of aromatic carboxylic acids is 1. The number of rotatable bonds is 6. The fourth-order valence-electron chi connectivity index (χ4n) is 2.76. The fraction of sp³-hybridized carbons (Fsp3) is 0.190. The van der Waals surface area contributed by atoms with Crippen LogP contribution < -0.4 is 14.6 Å². The van der Waals surface area contributed by atoms with Crippen molar-refractivity contribution in [2.75, 3.05) is 20.8 Å². The van der Waals surface area contributed by atoms with Crippen molar-refractivity contribution in [3.63, 3.8) is 0 Å². The fourth-order valence-corrected chi connectivity index (χ4v) is 3.82. The summed E-state index contributed by atoms with van der Waals surface area (Å²) in [4.78, 5) is 30.4. The van der Waals surface area contributed by atoms with E-state index in [1.165, 1.54) is 28.8 Å². The summed E-state index contributed by atoms with van der Waals surface area (Å²) in [5.41, 5.74) is 1.20. The Kier molecular flexibility index (Phi) is 6.23. The van der Waals surface area contributed by atoms with Crippen LogP contribution in [0.1, 0.15) is 22.8 Å². The van der Waals surface area contributed by atoms with Crippen LogP contribution in [0.25, 0.3) is 6.08 Å². The predicted octanol–water partition coefficient (Wildman–Crippen LogP) is 2.69. The van der Waals surface area contributed by atoms with E-state index < -0.39 is 5.97 Å². The van der Waals surface area contributed by atoms with Crippen molar-refractivity contribution in [2.24, 2.45) is 4.99 Å². The molecule has 1 heterocycles. The van der Waals surface area contributed by atoms with E-state index in [4.69, 9.17) is 9.47 Å². The molecule has 0 radical (unpaired) electrons. The molecule has 1 aliphatic rings. The number of carbonyl (C=O) groups is 2. The van der Waals surface area contributed by atoms with Crippen molar-refractivity contribution in [3.8, 4) is 11.5 Å². The highest BCUT2D eigenvalue weighted by Crippen LogP contribution is 2.36. The van der Waals surface area contributed by atoms with E-state index in [0.29, 0.717) is 33.8 Å². The molecule has 2 aromatic rings. The zero-order valence-corrected chi connectivity index (χ0v) is 17.0. The number of likely N-dealkylation sites (N-methyl/N-ethyl adjacent to an activating group) is 1. The number of amidine groups is 1. The molecule has 0 spiro atoms.